The monoisotopic (exact) mass is 180 g/mol. The summed E-state index contributed by atoms with van der Waals surface area (Å²) < 4.78 is 10.9. The first-order chi connectivity index (χ1) is 6.40. The van der Waals surface area contributed by atoms with Gasteiger partial charge >= 0.3 is 0 Å². The van der Waals surface area contributed by atoms with Gasteiger partial charge in [-0.2, -0.15) is 0 Å². The lowest BCUT2D eigenvalue weighted by molar-refractivity contribution is -0.0615. The third-order valence-corrected chi connectivity index (χ3v) is 1.94. The predicted molar refractivity (Wildman–Crippen MR) is 46.9 cm³/mol. The molecule has 1 aromatic heterocycles. The molecule has 70 valence electrons. The van der Waals surface area contributed by atoms with Gasteiger partial charge in [0.1, 0.15) is 0 Å². The molecule has 1 aromatic rings. The summed E-state index contributed by atoms with van der Waals surface area (Å²) in [6, 6.07) is 5.65. The molecule has 2 rings (SSSR count). The second-order valence-electron chi connectivity index (χ2n) is 2.91. The molecule has 0 amide bonds. The van der Waals surface area contributed by atoms with Gasteiger partial charge in [-0.1, -0.05) is 6.07 Å². The van der Waals surface area contributed by atoms with E-state index in [1.165, 1.54) is 0 Å². The summed E-state index contributed by atoms with van der Waals surface area (Å²) in [5, 5.41) is 0. The quantitative estimate of drug-likeness (QED) is 0.718. The fourth-order valence-corrected chi connectivity index (χ4v) is 1.24. The summed E-state index contributed by atoms with van der Waals surface area (Å²) >= 11 is 0. The number of pyridine rings is 1. The number of nitrogens with zero attached hydrogens (tertiary/aromatic N) is 1. The van der Waals surface area contributed by atoms with Gasteiger partial charge in [-0.3, -0.25) is 4.98 Å². The van der Waals surface area contributed by atoms with E-state index in [0.717, 1.165) is 5.69 Å². The van der Waals surface area contributed by atoms with E-state index in [9.17, 15) is 0 Å². The van der Waals surface area contributed by atoms with E-state index in [1.54, 1.807) is 6.20 Å². The predicted octanol–water partition coefficient (Wildman–Crippen LogP) is 0.454. The van der Waals surface area contributed by atoms with E-state index < -0.39 is 0 Å². The summed E-state index contributed by atoms with van der Waals surface area (Å²) in [5.74, 6) is 0. The van der Waals surface area contributed by atoms with Crippen LogP contribution in [0, 0.1) is 0 Å². The van der Waals surface area contributed by atoms with Crippen LogP contribution in [-0.4, -0.2) is 24.2 Å². The lowest BCUT2D eigenvalue weighted by Crippen LogP contribution is -2.21. The van der Waals surface area contributed by atoms with Crippen LogP contribution >= 0.6 is 0 Å². The molecule has 0 aromatic carbocycles. The molecule has 0 radical (unpaired) electrons. The van der Waals surface area contributed by atoms with Crippen molar-refractivity contribution in [3.8, 4) is 0 Å². The van der Waals surface area contributed by atoms with Crippen molar-refractivity contribution >= 4 is 0 Å². The molecule has 0 spiro atoms. The van der Waals surface area contributed by atoms with Crippen LogP contribution in [0.5, 0.6) is 0 Å². The molecule has 4 heteroatoms. The zero-order valence-electron chi connectivity index (χ0n) is 7.22. The number of nitrogens with two attached hydrogens (primary N) is 1. The normalized spacial score (nSPS) is 27.8. The zero-order valence-corrected chi connectivity index (χ0v) is 7.22. The highest BCUT2D eigenvalue weighted by molar-refractivity contribution is 5.05. The fraction of sp³-hybridized carbons (Fsp3) is 0.444. The van der Waals surface area contributed by atoms with Gasteiger partial charge in [0.15, 0.2) is 0 Å². The van der Waals surface area contributed by atoms with Crippen molar-refractivity contribution in [1.82, 2.24) is 4.98 Å². The highest BCUT2D eigenvalue weighted by atomic mass is 16.7. The third kappa shape index (κ3) is 1.85. The molecule has 4 nitrogen and oxygen atoms in total. The second-order valence-corrected chi connectivity index (χ2v) is 2.91. The Balaban J connectivity index is 2.04. The minimum Gasteiger partial charge on any atom is -0.344 e. The minimum atomic E-state index is -0.338. The Morgan fingerprint density at radius 2 is 2.46 bits per heavy atom. The first-order valence-electron chi connectivity index (χ1n) is 4.28. The van der Waals surface area contributed by atoms with Gasteiger partial charge in [0, 0.05) is 12.7 Å². The van der Waals surface area contributed by atoms with Gasteiger partial charge in [-0.05, 0) is 12.1 Å². The smallest absolute Gasteiger partial charge is 0.201 e. The Bertz CT molecular complexity index is 266. The van der Waals surface area contributed by atoms with E-state index in [-0.39, 0.29) is 12.4 Å². The molecule has 2 atom stereocenters. The van der Waals surface area contributed by atoms with Crippen LogP contribution in [0.15, 0.2) is 24.4 Å². The summed E-state index contributed by atoms with van der Waals surface area (Å²) in [6.45, 7) is 1.04. The number of rotatable bonds is 2. The maximum atomic E-state index is 5.49. The molecule has 2 N–H and O–H groups in total. The molecule has 1 saturated heterocycles. The standard InChI is InChI=1S/C9H12N2O2/c10-5-7-6-12-9(13-7)8-3-1-2-4-11-8/h1-4,7,9H,5-6,10H2. The highest BCUT2D eigenvalue weighted by Crippen LogP contribution is 2.24. The van der Waals surface area contributed by atoms with Crippen molar-refractivity contribution in [3.63, 3.8) is 0 Å². The molecule has 2 heterocycles. The topological polar surface area (TPSA) is 57.4 Å². The van der Waals surface area contributed by atoms with E-state index in [0.29, 0.717) is 13.2 Å². The fourth-order valence-electron chi connectivity index (χ4n) is 1.24. The highest BCUT2D eigenvalue weighted by Gasteiger charge is 2.26. The molecule has 1 fully saturated rings. The molecule has 13 heavy (non-hydrogen) atoms. The first-order valence-corrected chi connectivity index (χ1v) is 4.28. The Labute approximate surface area is 76.7 Å². The molecule has 1 aliphatic heterocycles. The van der Waals surface area contributed by atoms with Crippen LogP contribution < -0.4 is 5.73 Å². The van der Waals surface area contributed by atoms with Crippen LogP contribution in [0.4, 0.5) is 0 Å². The van der Waals surface area contributed by atoms with Gasteiger partial charge in [0.25, 0.3) is 0 Å². The Morgan fingerprint density at radius 1 is 1.54 bits per heavy atom. The Hall–Kier alpha value is -0.970. The van der Waals surface area contributed by atoms with E-state index in [2.05, 4.69) is 4.98 Å². The van der Waals surface area contributed by atoms with Gasteiger partial charge in [-0.15, -0.1) is 0 Å². The zero-order chi connectivity index (χ0) is 9.10. The Morgan fingerprint density at radius 3 is 3.08 bits per heavy atom. The maximum Gasteiger partial charge on any atom is 0.201 e. The van der Waals surface area contributed by atoms with Crippen molar-refractivity contribution in [1.29, 1.82) is 0 Å². The number of aromatic nitrogens is 1. The SMILES string of the molecule is NCC1COC(c2ccccn2)O1. The number of hydrogen-bond acceptors (Lipinski definition) is 4. The van der Waals surface area contributed by atoms with Crippen molar-refractivity contribution in [2.45, 2.75) is 12.4 Å². The summed E-state index contributed by atoms with van der Waals surface area (Å²) in [5.41, 5.74) is 6.25. The van der Waals surface area contributed by atoms with E-state index in [1.807, 2.05) is 18.2 Å². The lowest BCUT2D eigenvalue weighted by atomic mass is 10.3. The average Bonchev–Trinajstić information content (AvgIpc) is 2.67. The van der Waals surface area contributed by atoms with Gasteiger partial charge < -0.3 is 15.2 Å². The number of ether oxygens (including phenoxy) is 2. The lowest BCUT2D eigenvalue weighted by Gasteiger charge is -2.08. The van der Waals surface area contributed by atoms with Crippen molar-refractivity contribution < 1.29 is 9.47 Å². The van der Waals surface area contributed by atoms with Gasteiger partial charge in [-0.25, -0.2) is 0 Å². The summed E-state index contributed by atoms with van der Waals surface area (Å²) in [6.07, 6.45) is 1.39. The first kappa shape index (κ1) is 8.62. The average molecular weight is 180 g/mol. The van der Waals surface area contributed by atoms with Crippen molar-refractivity contribution in [2.75, 3.05) is 13.2 Å². The van der Waals surface area contributed by atoms with Crippen LogP contribution in [0.3, 0.4) is 0 Å². The molecule has 0 aliphatic carbocycles. The van der Waals surface area contributed by atoms with Crippen molar-refractivity contribution in [2.24, 2.45) is 5.73 Å². The van der Waals surface area contributed by atoms with Crippen molar-refractivity contribution in [3.05, 3.63) is 30.1 Å². The van der Waals surface area contributed by atoms with Crippen LogP contribution in [0.1, 0.15) is 12.0 Å². The minimum absolute atomic E-state index is 0.00649. The molecule has 0 bridgehead atoms. The van der Waals surface area contributed by atoms with Crippen LogP contribution in [0.2, 0.25) is 0 Å². The van der Waals surface area contributed by atoms with Crippen LogP contribution in [-0.2, 0) is 9.47 Å². The van der Waals surface area contributed by atoms with Gasteiger partial charge in [0.2, 0.25) is 6.29 Å². The second kappa shape index (κ2) is 3.83. The van der Waals surface area contributed by atoms with E-state index >= 15 is 0 Å². The van der Waals surface area contributed by atoms with Gasteiger partial charge in [0.05, 0.1) is 18.4 Å². The Kier molecular flexibility index (Phi) is 2.54. The molecular formula is C9H12N2O2. The summed E-state index contributed by atoms with van der Waals surface area (Å²) in [7, 11) is 0. The third-order valence-electron chi connectivity index (χ3n) is 1.94. The molecule has 1 aliphatic rings. The maximum absolute atomic E-state index is 5.49. The molecular weight excluding hydrogens is 168 g/mol. The number of hydrogen-bond donors (Lipinski definition) is 1. The molecule has 0 saturated carbocycles. The largest absolute Gasteiger partial charge is 0.344 e. The molecule has 2 unspecified atom stereocenters. The summed E-state index contributed by atoms with van der Waals surface area (Å²) in [4.78, 5) is 4.14. The van der Waals surface area contributed by atoms with E-state index in [4.69, 9.17) is 15.2 Å². The van der Waals surface area contributed by atoms with Crippen LogP contribution in [0.25, 0.3) is 0 Å².